The first-order valence-corrected chi connectivity index (χ1v) is 44.4. The van der Waals surface area contributed by atoms with Gasteiger partial charge in [0.15, 0.2) is 11.5 Å². The summed E-state index contributed by atoms with van der Waals surface area (Å²) in [5, 5.41) is 37.7. The van der Waals surface area contributed by atoms with Gasteiger partial charge in [0.1, 0.15) is 22.2 Å². The number of aromatic amines is 5. The number of nitrogens with zero attached hydrogens (tertiary/aromatic N) is 14. The molecule has 686 valence electrons. The lowest BCUT2D eigenvalue weighted by atomic mass is 10.1. The van der Waals surface area contributed by atoms with Gasteiger partial charge in [-0.25, -0.2) is 9.97 Å². The number of nitrogens with one attached hydrogen (secondary N) is 11. The van der Waals surface area contributed by atoms with Crippen LogP contribution in [-0.2, 0) is 0 Å². The number of aromatic nitrogens is 18. The second kappa shape index (κ2) is 42.5. The van der Waals surface area contributed by atoms with Crippen molar-refractivity contribution in [3.8, 4) is 11.5 Å². The Bertz CT molecular complexity index is 7780. The number of rotatable bonds is 15. The number of amides is 5. The molecule has 19 aromatic rings. The number of carbonyl (C=O) groups excluding carboxylic acids is 5. The van der Waals surface area contributed by atoms with Gasteiger partial charge in [0.05, 0.1) is 22.4 Å². The summed E-state index contributed by atoms with van der Waals surface area (Å²) in [7, 11) is 0. The second-order valence-electron chi connectivity index (χ2n) is 31.5. The Morgan fingerprint density at radius 3 is 0.942 bits per heavy atom. The molecule has 0 bridgehead atoms. The van der Waals surface area contributed by atoms with Crippen molar-refractivity contribution in [3.63, 3.8) is 0 Å². The first kappa shape index (κ1) is 92.9. The highest BCUT2D eigenvalue weighted by Gasteiger charge is 2.24. The Morgan fingerprint density at radius 2 is 0.628 bits per heavy atom. The highest BCUT2D eigenvalue weighted by Crippen LogP contribution is 2.31. The van der Waals surface area contributed by atoms with Crippen molar-refractivity contribution >= 4 is 172 Å². The van der Waals surface area contributed by atoms with Crippen LogP contribution in [0.25, 0.3) is 76.8 Å². The number of pyridine rings is 12. The number of hydrogen-bond acceptors (Lipinski definition) is 25. The molecular weight excluding hydrogens is 1880 g/mol. The lowest BCUT2D eigenvalue weighted by Crippen LogP contribution is -2.23. The highest BCUT2D eigenvalue weighted by atomic mass is 79.9. The van der Waals surface area contributed by atoms with Gasteiger partial charge < -0.3 is 71.4 Å². The van der Waals surface area contributed by atoms with Crippen LogP contribution in [0.5, 0.6) is 11.5 Å². The maximum absolute atomic E-state index is 13.0. The van der Waals surface area contributed by atoms with E-state index in [1.807, 2.05) is 65.0 Å². The molecule has 39 heteroatoms. The fraction of sp³-hybridized carbons (Fsp3) is 0.133. The van der Waals surface area contributed by atoms with Crippen molar-refractivity contribution in [2.24, 2.45) is 0 Å². The van der Waals surface area contributed by atoms with Gasteiger partial charge in [-0.2, -0.15) is 0 Å². The molecule has 2 aliphatic rings. The molecular formula is C98H83Br2N25O12. The van der Waals surface area contributed by atoms with Gasteiger partial charge in [-0.3, -0.25) is 72.9 Å². The van der Waals surface area contributed by atoms with Crippen LogP contribution >= 0.6 is 31.9 Å². The third-order valence-electron chi connectivity index (χ3n) is 21.8. The lowest BCUT2D eigenvalue weighted by molar-refractivity contribution is 0.100. The van der Waals surface area contributed by atoms with Gasteiger partial charge in [-0.1, -0.05) is 9.69 Å². The smallest absolute Gasteiger partial charge is 0.261 e. The molecule has 14 aromatic heterocycles. The van der Waals surface area contributed by atoms with E-state index in [1.165, 1.54) is 87.4 Å². The van der Waals surface area contributed by atoms with E-state index in [-0.39, 0.29) is 68.1 Å². The normalized spacial score (nSPS) is 11.9. The predicted molar refractivity (Wildman–Crippen MR) is 529 cm³/mol. The van der Waals surface area contributed by atoms with Gasteiger partial charge in [-0.05, 0) is 277 Å². The molecule has 5 aromatic carbocycles. The van der Waals surface area contributed by atoms with Gasteiger partial charge >= 0.3 is 0 Å². The van der Waals surface area contributed by atoms with E-state index in [0.717, 1.165) is 113 Å². The summed E-state index contributed by atoms with van der Waals surface area (Å²) in [5.41, 5.74) is 15.0. The fourth-order valence-electron chi connectivity index (χ4n) is 15.1. The van der Waals surface area contributed by atoms with Crippen molar-refractivity contribution < 1.29 is 33.6 Å². The Hall–Kier alpha value is -17.3. The van der Waals surface area contributed by atoms with E-state index in [4.69, 9.17) is 9.68 Å². The molecule has 0 aliphatic carbocycles. The summed E-state index contributed by atoms with van der Waals surface area (Å²) in [6.45, 7) is 13.7. The Kier molecular flexibility index (Phi) is 28.8. The molecule has 2 saturated heterocycles. The van der Waals surface area contributed by atoms with Crippen LogP contribution in [0.2, 0.25) is 0 Å². The maximum atomic E-state index is 13.0. The van der Waals surface area contributed by atoms with E-state index < -0.39 is 11.8 Å². The minimum atomic E-state index is -0.415. The zero-order valence-corrected chi connectivity index (χ0v) is 76.9. The van der Waals surface area contributed by atoms with Crippen LogP contribution < -0.4 is 74.3 Å². The van der Waals surface area contributed by atoms with Crippen molar-refractivity contribution in [3.05, 3.63) is 367 Å². The molecule has 0 unspecified atom stereocenters. The zero-order valence-electron chi connectivity index (χ0n) is 73.7. The number of H-pyrrole nitrogens is 5. The summed E-state index contributed by atoms with van der Waals surface area (Å²) >= 11 is 6.66. The van der Waals surface area contributed by atoms with Crippen molar-refractivity contribution in [1.29, 1.82) is 0 Å². The Morgan fingerprint density at radius 1 is 0.336 bits per heavy atom. The first-order chi connectivity index (χ1) is 66.4. The molecule has 21 rings (SSSR count). The van der Waals surface area contributed by atoms with Crippen molar-refractivity contribution in [1.82, 2.24) is 95.4 Å². The SMILES string of the molecule is C1CCNC1.Cc1cc(=O)[nH]c2ccc(NC(=O)c3cnccc3Br)cc12.Cc1cc(=O)[nH]c2ccc(NC(=O)c3cnccc3Br)cc12.Cc1cc(=O)[nH]c2ccc(NC(=O)c3cnccc3N3CCCC3)cc12.Cc1cc(=O)[nH]c2ccc(NC(=O)c3cnccc3On3nnc4cccnc43)cc12.Cc1cc(=O)[nH]c2ccc(NC(=O)c3cnccc3On3nnc4cccnc43)cc12. The van der Waals surface area contributed by atoms with Crippen LogP contribution in [0.3, 0.4) is 0 Å². The van der Waals surface area contributed by atoms with Crippen LogP contribution in [0.1, 0.15) is 105 Å². The number of aryl methyl sites for hydroxylation is 5. The summed E-state index contributed by atoms with van der Waals surface area (Å²) in [4.78, 5) is 179. The monoisotopic (exact) mass is 1960 g/mol. The minimum absolute atomic E-state index is 0.127. The second-order valence-corrected chi connectivity index (χ2v) is 33.2. The van der Waals surface area contributed by atoms with E-state index >= 15 is 0 Å². The zero-order chi connectivity index (χ0) is 95.8. The number of carbonyl (C=O) groups is 5. The van der Waals surface area contributed by atoms with E-state index in [0.29, 0.717) is 87.4 Å². The van der Waals surface area contributed by atoms with Gasteiger partial charge in [-0.15, -0.1) is 10.2 Å². The number of fused-ring (bicyclic) bond motifs is 7. The van der Waals surface area contributed by atoms with E-state index in [1.54, 1.807) is 159 Å². The summed E-state index contributed by atoms with van der Waals surface area (Å²) < 4.78 is 1.36. The molecule has 2 aliphatic heterocycles. The van der Waals surface area contributed by atoms with Crippen LogP contribution in [-0.4, -0.2) is 146 Å². The summed E-state index contributed by atoms with van der Waals surface area (Å²) in [5.74, 6) is -1.02. The van der Waals surface area contributed by atoms with Crippen molar-refractivity contribution in [2.45, 2.75) is 60.3 Å². The third kappa shape index (κ3) is 22.7. The van der Waals surface area contributed by atoms with Gasteiger partial charge in [0.25, 0.3) is 29.5 Å². The standard InChI is InChI=1S/2C21H15N7O3.C20H20N4O2.2C16H12BrN3O2.C4H9N/c2*1-12-9-19(29)25-16-5-4-13(10-14(12)16)24-21(30)15-11-22-8-6-18(15)31-28-20-17(26-27-28)3-2-7-23-20;1-13-10-19(25)23-17-5-4-14(11-15(13)17)22-20(26)16-12-21-7-6-18(16)24-8-2-3-9-24;2*1-9-6-15(21)20-14-3-2-10(7-11(9)14)19-16(22)12-8-18-5-4-13(12)17;1-2-4-5-3-1/h2*2-11H,1H3,(H,24,30)(H,25,29);4-7,10-12H,2-3,8-9H2,1H3,(H,22,26)(H,23,25);2*2-8H,1H3,(H,19,22)(H,20,21);5H,1-4H2. The molecule has 0 saturated carbocycles. The van der Waals surface area contributed by atoms with E-state index in [9.17, 15) is 47.9 Å². The number of halogens is 2. The van der Waals surface area contributed by atoms with Crippen LogP contribution in [0.4, 0.5) is 34.1 Å². The Balaban J connectivity index is 0.000000123. The summed E-state index contributed by atoms with van der Waals surface area (Å²) in [6, 6.07) is 49.8. The molecule has 16 heterocycles. The van der Waals surface area contributed by atoms with Gasteiger partial charge in [0, 0.05) is 222 Å². The summed E-state index contributed by atoms with van der Waals surface area (Å²) in [6.07, 6.45) is 23.6. The highest BCUT2D eigenvalue weighted by molar-refractivity contribution is 9.10. The van der Waals surface area contributed by atoms with Crippen molar-refractivity contribution in [2.75, 3.05) is 57.7 Å². The molecule has 0 spiro atoms. The predicted octanol–water partition coefficient (Wildman–Crippen LogP) is 14.9. The quantitative estimate of drug-likeness (QED) is 0.0454. The molecule has 37 nitrogen and oxygen atoms in total. The molecule has 5 amide bonds. The van der Waals surface area contributed by atoms with Crippen LogP contribution in [0, 0.1) is 34.6 Å². The van der Waals surface area contributed by atoms with Gasteiger partial charge in [0.2, 0.25) is 39.1 Å². The number of anilines is 6. The third-order valence-corrected chi connectivity index (χ3v) is 23.2. The molecule has 0 atom stereocenters. The average molecular weight is 1960 g/mol. The average Bonchev–Trinajstić information content (AvgIpc) is 1.63. The minimum Gasteiger partial charge on any atom is -0.371 e. The largest absolute Gasteiger partial charge is 0.371 e. The fourth-order valence-corrected chi connectivity index (χ4v) is 15.9. The molecule has 11 N–H and O–H groups in total. The molecule has 2 fully saturated rings. The molecule has 137 heavy (non-hydrogen) atoms. The molecule has 0 radical (unpaired) electrons. The number of benzene rings is 5. The van der Waals surface area contributed by atoms with Crippen LogP contribution in [0.15, 0.2) is 283 Å². The number of hydrogen-bond donors (Lipinski definition) is 11. The Labute approximate surface area is 792 Å². The lowest BCUT2D eigenvalue weighted by Gasteiger charge is -2.20. The topological polar surface area (TPSA) is 495 Å². The maximum Gasteiger partial charge on any atom is 0.261 e. The first-order valence-electron chi connectivity index (χ1n) is 42.8. The van der Waals surface area contributed by atoms with E-state index in [2.05, 4.69) is 149 Å².